The molecule has 1 aromatic carbocycles. The molecule has 114 valence electrons. The average molecular weight is 309 g/mol. The monoisotopic (exact) mass is 308 g/mol. The van der Waals surface area contributed by atoms with Gasteiger partial charge in [-0.15, -0.1) is 0 Å². The molecule has 0 aliphatic rings. The van der Waals surface area contributed by atoms with Crippen molar-refractivity contribution >= 4 is 17.3 Å². The van der Waals surface area contributed by atoms with E-state index >= 15 is 0 Å². The quantitative estimate of drug-likeness (QED) is 0.895. The van der Waals surface area contributed by atoms with Gasteiger partial charge in [0.2, 0.25) is 0 Å². The number of nitrogens with zero attached hydrogens (tertiary/aromatic N) is 1. The maximum absolute atomic E-state index is 12.5. The van der Waals surface area contributed by atoms with Crippen LogP contribution in [0.1, 0.15) is 26.3 Å². The van der Waals surface area contributed by atoms with Gasteiger partial charge in [-0.3, -0.25) is 0 Å². The molecular formula is C14H20ClF3N2. The van der Waals surface area contributed by atoms with E-state index in [1.807, 2.05) is 20.8 Å². The van der Waals surface area contributed by atoms with E-state index in [4.69, 9.17) is 11.6 Å². The first kappa shape index (κ1) is 17.1. The molecule has 0 heterocycles. The van der Waals surface area contributed by atoms with Gasteiger partial charge in [0.25, 0.3) is 0 Å². The van der Waals surface area contributed by atoms with Crippen molar-refractivity contribution in [2.75, 3.05) is 18.5 Å². The van der Waals surface area contributed by atoms with E-state index in [-0.39, 0.29) is 5.54 Å². The molecule has 0 aliphatic carbocycles. The molecule has 0 atom stereocenters. The normalized spacial score (nSPS) is 12.6. The minimum atomic E-state index is -4.26. The van der Waals surface area contributed by atoms with Gasteiger partial charge in [-0.05, 0) is 32.4 Å². The highest BCUT2D eigenvalue weighted by Crippen LogP contribution is 2.31. The molecule has 0 bridgehead atoms. The van der Waals surface area contributed by atoms with E-state index in [1.165, 1.54) is 7.05 Å². The second-order valence-electron chi connectivity index (χ2n) is 5.82. The number of nitrogens with one attached hydrogen (secondary N) is 1. The van der Waals surface area contributed by atoms with Gasteiger partial charge < -0.3 is 10.2 Å². The Morgan fingerprint density at radius 1 is 1.20 bits per heavy atom. The van der Waals surface area contributed by atoms with Crippen molar-refractivity contribution in [3.8, 4) is 0 Å². The predicted molar refractivity (Wildman–Crippen MR) is 77.4 cm³/mol. The third-order valence-corrected chi connectivity index (χ3v) is 2.98. The Balaban J connectivity index is 2.99. The number of halogens is 4. The summed E-state index contributed by atoms with van der Waals surface area (Å²) >= 11 is 6.07. The van der Waals surface area contributed by atoms with E-state index in [2.05, 4.69) is 5.32 Å². The molecule has 0 spiro atoms. The maximum Gasteiger partial charge on any atom is 0.405 e. The van der Waals surface area contributed by atoms with E-state index in [1.54, 1.807) is 18.2 Å². The number of hydrogen-bond acceptors (Lipinski definition) is 2. The Morgan fingerprint density at radius 2 is 1.80 bits per heavy atom. The number of anilines is 1. The van der Waals surface area contributed by atoms with Gasteiger partial charge in [0.15, 0.2) is 0 Å². The number of para-hydroxylation sites is 1. The largest absolute Gasteiger partial charge is 0.405 e. The fourth-order valence-corrected chi connectivity index (χ4v) is 2.18. The highest BCUT2D eigenvalue weighted by molar-refractivity contribution is 6.33. The van der Waals surface area contributed by atoms with Crippen LogP contribution in [0.4, 0.5) is 18.9 Å². The van der Waals surface area contributed by atoms with Crippen molar-refractivity contribution < 1.29 is 13.2 Å². The predicted octanol–water partition coefficient (Wildman–Crippen LogP) is 4.23. The second kappa shape index (κ2) is 6.22. The van der Waals surface area contributed by atoms with Gasteiger partial charge in [0.05, 0.1) is 10.7 Å². The highest BCUT2D eigenvalue weighted by atomic mass is 35.5. The molecule has 0 aromatic heterocycles. The minimum Gasteiger partial charge on any atom is -0.364 e. The molecule has 1 rings (SSSR count). The first-order chi connectivity index (χ1) is 8.99. The number of benzene rings is 1. The van der Waals surface area contributed by atoms with Crippen LogP contribution in [-0.4, -0.2) is 25.3 Å². The Bertz CT molecular complexity index is 453. The molecule has 0 amide bonds. The zero-order valence-electron chi connectivity index (χ0n) is 12.1. The highest BCUT2D eigenvalue weighted by Gasteiger charge is 2.30. The SMILES string of the molecule is CN(CC(F)(F)F)c1c(Cl)cccc1CNC(C)(C)C. The van der Waals surface area contributed by atoms with Gasteiger partial charge in [0, 0.05) is 19.1 Å². The van der Waals surface area contributed by atoms with Crippen LogP contribution in [0.3, 0.4) is 0 Å². The van der Waals surface area contributed by atoms with E-state index < -0.39 is 12.7 Å². The van der Waals surface area contributed by atoms with Crippen molar-refractivity contribution in [3.63, 3.8) is 0 Å². The summed E-state index contributed by atoms with van der Waals surface area (Å²) in [6.07, 6.45) is -4.26. The summed E-state index contributed by atoms with van der Waals surface area (Å²) in [5.41, 5.74) is 1.05. The standard InChI is InChI=1S/C14H20ClF3N2/c1-13(2,3)19-8-10-6-5-7-11(15)12(10)20(4)9-14(16,17)18/h5-7,19H,8-9H2,1-4H3. The van der Waals surface area contributed by atoms with Gasteiger partial charge in [-0.25, -0.2) is 0 Å². The Hall–Kier alpha value is -0.940. The Morgan fingerprint density at radius 3 is 2.30 bits per heavy atom. The first-order valence-corrected chi connectivity index (χ1v) is 6.68. The van der Waals surface area contributed by atoms with Gasteiger partial charge in [-0.1, -0.05) is 23.7 Å². The lowest BCUT2D eigenvalue weighted by molar-refractivity contribution is -0.119. The summed E-state index contributed by atoms with van der Waals surface area (Å²) in [4.78, 5) is 1.14. The summed E-state index contributed by atoms with van der Waals surface area (Å²) in [7, 11) is 1.40. The lowest BCUT2D eigenvalue weighted by Crippen LogP contribution is -2.36. The molecule has 1 aromatic rings. The number of rotatable bonds is 4. The van der Waals surface area contributed by atoms with Crippen molar-refractivity contribution in [1.29, 1.82) is 0 Å². The van der Waals surface area contributed by atoms with Gasteiger partial charge in [0.1, 0.15) is 6.54 Å². The number of alkyl halides is 3. The molecule has 6 heteroatoms. The Labute approximate surface area is 122 Å². The van der Waals surface area contributed by atoms with Gasteiger partial charge >= 0.3 is 6.18 Å². The van der Waals surface area contributed by atoms with Crippen LogP contribution in [0.15, 0.2) is 18.2 Å². The van der Waals surface area contributed by atoms with Crippen molar-refractivity contribution in [2.45, 2.75) is 39.0 Å². The average Bonchev–Trinajstić information content (AvgIpc) is 2.22. The molecule has 0 saturated carbocycles. The summed E-state index contributed by atoms with van der Waals surface area (Å²) in [6.45, 7) is 5.42. The molecule has 0 fully saturated rings. The van der Waals surface area contributed by atoms with Crippen LogP contribution < -0.4 is 10.2 Å². The van der Waals surface area contributed by atoms with Crippen LogP contribution in [-0.2, 0) is 6.54 Å². The van der Waals surface area contributed by atoms with Crippen molar-refractivity contribution in [1.82, 2.24) is 5.32 Å². The second-order valence-corrected chi connectivity index (χ2v) is 6.23. The van der Waals surface area contributed by atoms with Crippen LogP contribution in [0.5, 0.6) is 0 Å². The lowest BCUT2D eigenvalue weighted by Gasteiger charge is -2.27. The third kappa shape index (κ3) is 5.59. The van der Waals surface area contributed by atoms with Crippen LogP contribution >= 0.6 is 11.6 Å². The van der Waals surface area contributed by atoms with Crippen molar-refractivity contribution in [3.05, 3.63) is 28.8 Å². The zero-order valence-corrected chi connectivity index (χ0v) is 12.9. The fraction of sp³-hybridized carbons (Fsp3) is 0.571. The van der Waals surface area contributed by atoms with E-state index in [9.17, 15) is 13.2 Å². The van der Waals surface area contributed by atoms with Gasteiger partial charge in [-0.2, -0.15) is 13.2 Å². The summed E-state index contributed by atoms with van der Waals surface area (Å²) in [5, 5.41) is 3.58. The molecule has 2 nitrogen and oxygen atoms in total. The minimum absolute atomic E-state index is 0.123. The molecule has 0 radical (unpaired) electrons. The summed E-state index contributed by atoms with van der Waals surface area (Å²) in [6, 6.07) is 5.13. The Kier molecular flexibility index (Phi) is 5.33. The topological polar surface area (TPSA) is 15.3 Å². The fourth-order valence-electron chi connectivity index (χ4n) is 1.84. The van der Waals surface area contributed by atoms with Crippen LogP contribution in [0, 0.1) is 0 Å². The molecule has 20 heavy (non-hydrogen) atoms. The molecular weight excluding hydrogens is 289 g/mol. The van der Waals surface area contributed by atoms with E-state index in [0.717, 1.165) is 10.5 Å². The molecule has 1 N–H and O–H groups in total. The lowest BCUT2D eigenvalue weighted by atomic mass is 10.1. The summed E-state index contributed by atoms with van der Waals surface area (Å²) in [5.74, 6) is 0. The van der Waals surface area contributed by atoms with Crippen LogP contribution in [0.2, 0.25) is 5.02 Å². The van der Waals surface area contributed by atoms with Crippen molar-refractivity contribution in [2.24, 2.45) is 0 Å². The molecule has 0 saturated heterocycles. The van der Waals surface area contributed by atoms with Crippen LogP contribution in [0.25, 0.3) is 0 Å². The number of hydrogen-bond donors (Lipinski definition) is 1. The first-order valence-electron chi connectivity index (χ1n) is 6.30. The smallest absolute Gasteiger partial charge is 0.364 e. The third-order valence-electron chi connectivity index (χ3n) is 2.68. The molecule has 0 aliphatic heterocycles. The summed E-state index contributed by atoms with van der Waals surface area (Å²) < 4.78 is 37.6. The zero-order chi connectivity index (χ0) is 15.6. The maximum atomic E-state index is 12.5. The van der Waals surface area contributed by atoms with E-state index in [0.29, 0.717) is 17.3 Å². The molecule has 0 unspecified atom stereocenters.